The zero-order chi connectivity index (χ0) is 12.4. The van der Waals surface area contributed by atoms with Crippen LogP contribution < -0.4 is 5.32 Å². The third-order valence-corrected chi connectivity index (χ3v) is 3.70. The molecular formula is C15H20Br2N2O. The van der Waals surface area contributed by atoms with Gasteiger partial charge in [-0.3, -0.25) is 4.98 Å². The number of aromatic nitrogens is 1. The summed E-state index contributed by atoms with van der Waals surface area (Å²) in [5.74, 6) is 0. The van der Waals surface area contributed by atoms with Gasteiger partial charge in [-0.15, -0.1) is 34.0 Å². The van der Waals surface area contributed by atoms with Crippen LogP contribution >= 0.6 is 34.0 Å². The number of nitrogens with one attached hydrogen (secondary N) is 1. The number of benzene rings is 1. The number of pyridine rings is 1. The number of rotatable bonds is 2. The number of nitrogens with zero attached hydrogens (tertiary/aromatic N) is 1. The highest BCUT2D eigenvalue weighted by atomic mass is 79.9. The van der Waals surface area contributed by atoms with Crippen LogP contribution in [-0.2, 0) is 0 Å². The molecule has 20 heavy (non-hydrogen) atoms. The van der Waals surface area contributed by atoms with Crippen molar-refractivity contribution in [2.75, 3.05) is 6.54 Å². The van der Waals surface area contributed by atoms with Crippen molar-refractivity contribution in [2.24, 2.45) is 0 Å². The highest BCUT2D eigenvalue weighted by molar-refractivity contribution is 8.93. The first-order valence-electron chi connectivity index (χ1n) is 6.61. The number of aliphatic hydroxyl groups is 1. The molecule has 2 aromatic rings. The SMILES string of the molecule is Br.Br.OC(c1ccc2ncccc2c1)C1CCCCN1. The number of halogens is 2. The lowest BCUT2D eigenvalue weighted by Gasteiger charge is -2.28. The van der Waals surface area contributed by atoms with Crippen molar-refractivity contribution in [3.8, 4) is 0 Å². The van der Waals surface area contributed by atoms with Crippen molar-refractivity contribution in [3.05, 3.63) is 42.1 Å². The Morgan fingerprint density at radius 1 is 1.20 bits per heavy atom. The van der Waals surface area contributed by atoms with Crippen LogP contribution in [0, 0.1) is 0 Å². The largest absolute Gasteiger partial charge is 0.387 e. The summed E-state index contributed by atoms with van der Waals surface area (Å²) < 4.78 is 0. The molecule has 2 heterocycles. The summed E-state index contributed by atoms with van der Waals surface area (Å²) in [6, 6.07) is 10.2. The van der Waals surface area contributed by atoms with E-state index in [4.69, 9.17) is 0 Å². The Hall–Kier alpha value is -0.490. The summed E-state index contributed by atoms with van der Waals surface area (Å²) in [5, 5.41) is 14.9. The minimum absolute atomic E-state index is 0. The van der Waals surface area contributed by atoms with Crippen LogP contribution in [0.4, 0.5) is 0 Å². The highest BCUT2D eigenvalue weighted by Crippen LogP contribution is 2.25. The molecule has 0 saturated carbocycles. The van der Waals surface area contributed by atoms with E-state index in [0.717, 1.165) is 29.4 Å². The molecule has 1 aromatic carbocycles. The van der Waals surface area contributed by atoms with Gasteiger partial charge in [-0.2, -0.15) is 0 Å². The van der Waals surface area contributed by atoms with Crippen LogP contribution in [0.2, 0.25) is 0 Å². The molecule has 3 nitrogen and oxygen atoms in total. The van der Waals surface area contributed by atoms with E-state index in [-0.39, 0.29) is 40.0 Å². The van der Waals surface area contributed by atoms with Crippen LogP contribution in [0.15, 0.2) is 36.5 Å². The second-order valence-electron chi connectivity index (χ2n) is 4.96. The predicted octanol–water partition coefficient (Wildman–Crippen LogP) is 3.57. The van der Waals surface area contributed by atoms with E-state index in [9.17, 15) is 5.11 Å². The molecule has 1 aromatic heterocycles. The molecule has 2 atom stereocenters. The van der Waals surface area contributed by atoms with Gasteiger partial charge in [0.15, 0.2) is 0 Å². The van der Waals surface area contributed by atoms with E-state index in [2.05, 4.69) is 10.3 Å². The van der Waals surface area contributed by atoms with Gasteiger partial charge in [0.2, 0.25) is 0 Å². The first kappa shape index (κ1) is 17.6. The highest BCUT2D eigenvalue weighted by Gasteiger charge is 2.22. The lowest BCUT2D eigenvalue weighted by molar-refractivity contribution is 0.114. The number of hydrogen-bond donors (Lipinski definition) is 2. The minimum Gasteiger partial charge on any atom is -0.387 e. The molecule has 0 bridgehead atoms. The number of fused-ring (bicyclic) bond motifs is 1. The van der Waals surface area contributed by atoms with E-state index in [0.29, 0.717) is 0 Å². The van der Waals surface area contributed by atoms with E-state index in [1.165, 1.54) is 12.8 Å². The zero-order valence-corrected chi connectivity index (χ0v) is 14.6. The number of hydrogen-bond acceptors (Lipinski definition) is 3. The fourth-order valence-electron chi connectivity index (χ4n) is 2.66. The van der Waals surface area contributed by atoms with Gasteiger partial charge < -0.3 is 10.4 Å². The van der Waals surface area contributed by atoms with Crippen molar-refractivity contribution in [2.45, 2.75) is 31.4 Å². The van der Waals surface area contributed by atoms with Gasteiger partial charge in [-0.05, 0) is 43.1 Å². The van der Waals surface area contributed by atoms with Gasteiger partial charge >= 0.3 is 0 Å². The van der Waals surface area contributed by atoms with E-state index >= 15 is 0 Å². The average molecular weight is 404 g/mol. The molecule has 2 unspecified atom stereocenters. The fourth-order valence-corrected chi connectivity index (χ4v) is 2.66. The predicted molar refractivity (Wildman–Crippen MR) is 93.0 cm³/mol. The lowest BCUT2D eigenvalue weighted by atomic mass is 9.94. The van der Waals surface area contributed by atoms with Crippen LogP contribution in [0.5, 0.6) is 0 Å². The average Bonchev–Trinajstić information content (AvgIpc) is 2.47. The Bertz CT molecular complexity index is 544. The van der Waals surface area contributed by atoms with Crippen molar-refractivity contribution < 1.29 is 5.11 Å². The Morgan fingerprint density at radius 2 is 2.05 bits per heavy atom. The molecule has 0 radical (unpaired) electrons. The number of piperidine rings is 1. The third-order valence-electron chi connectivity index (χ3n) is 3.70. The van der Waals surface area contributed by atoms with Gasteiger partial charge in [-0.1, -0.05) is 18.6 Å². The fraction of sp³-hybridized carbons (Fsp3) is 0.400. The van der Waals surface area contributed by atoms with Crippen LogP contribution in [0.3, 0.4) is 0 Å². The first-order chi connectivity index (χ1) is 8.84. The normalized spacial score (nSPS) is 19.8. The van der Waals surface area contributed by atoms with Crippen LogP contribution in [0.1, 0.15) is 30.9 Å². The zero-order valence-electron chi connectivity index (χ0n) is 11.2. The van der Waals surface area contributed by atoms with E-state index in [1.807, 2.05) is 30.3 Å². The molecule has 0 aliphatic carbocycles. The topological polar surface area (TPSA) is 45.2 Å². The summed E-state index contributed by atoms with van der Waals surface area (Å²) in [6.45, 7) is 1.01. The van der Waals surface area contributed by atoms with Gasteiger partial charge in [0, 0.05) is 17.6 Å². The van der Waals surface area contributed by atoms with Crippen LogP contribution in [-0.4, -0.2) is 22.7 Å². The summed E-state index contributed by atoms with van der Waals surface area (Å²) in [7, 11) is 0. The molecular weight excluding hydrogens is 384 g/mol. The minimum atomic E-state index is -0.421. The van der Waals surface area contributed by atoms with Crippen molar-refractivity contribution in [3.63, 3.8) is 0 Å². The molecule has 2 N–H and O–H groups in total. The number of aliphatic hydroxyl groups excluding tert-OH is 1. The molecule has 1 aliphatic rings. The van der Waals surface area contributed by atoms with Gasteiger partial charge in [0.05, 0.1) is 11.6 Å². The van der Waals surface area contributed by atoms with Gasteiger partial charge in [0.25, 0.3) is 0 Å². The molecule has 3 rings (SSSR count). The Labute approximate surface area is 140 Å². The third kappa shape index (κ3) is 3.79. The Kier molecular flexibility index (Phi) is 7.09. The summed E-state index contributed by atoms with van der Waals surface area (Å²) in [4.78, 5) is 4.30. The van der Waals surface area contributed by atoms with Gasteiger partial charge in [-0.25, -0.2) is 0 Å². The lowest BCUT2D eigenvalue weighted by Crippen LogP contribution is -2.38. The second kappa shape index (κ2) is 8.08. The molecule has 1 aliphatic heterocycles. The smallest absolute Gasteiger partial charge is 0.0943 e. The molecule has 1 saturated heterocycles. The molecule has 110 valence electrons. The summed E-state index contributed by atoms with van der Waals surface area (Å²) in [6.07, 6.45) is 4.83. The van der Waals surface area contributed by atoms with Crippen molar-refractivity contribution in [1.82, 2.24) is 10.3 Å². The van der Waals surface area contributed by atoms with Crippen molar-refractivity contribution >= 4 is 44.9 Å². The van der Waals surface area contributed by atoms with Crippen molar-refractivity contribution in [1.29, 1.82) is 0 Å². The molecule has 0 spiro atoms. The summed E-state index contributed by atoms with van der Waals surface area (Å²) >= 11 is 0. The van der Waals surface area contributed by atoms with E-state index in [1.54, 1.807) is 6.20 Å². The maximum atomic E-state index is 10.4. The molecule has 0 amide bonds. The quantitative estimate of drug-likeness (QED) is 0.805. The monoisotopic (exact) mass is 402 g/mol. The molecule has 1 fully saturated rings. The maximum Gasteiger partial charge on any atom is 0.0943 e. The summed E-state index contributed by atoms with van der Waals surface area (Å²) in [5.41, 5.74) is 1.96. The molecule has 5 heteroatoms. The first-order valence-corrected chi connectivity index (χ1v) is 6.61. The Morgan fingerprint density at radius 3 is 2.80 bits per heavy atom. The van der Waals surface area contributed by atoms with E-state index < -0.39 is 6.10 Å². The standard InChI is InChI=1S/C15H18N2O.2BrH/c18-15(14-5-1-2-8-17-14)12-6-7-13-11(10-12)4-3-9-16-13;;/h3-4,6-7,9-10,14-15,17-18H,1-2,5,8H2;2*1H. The van der Waals surface area contributed by atoms with Gasteiger partial charge in [0.1, 0.15) is 0 Å². The van der Waals surface area contributed by atoms with Crippen LogP contribution in [0.25, 0.3) is 10.9 Å². The Balaban J connectivity index is 0.000001000. The second-order valence-corrected chi connectivity index (χ2v) is 4.96. The maximum absolute atomic E-state index is 10.4.